The van der Waals surface area contributed by atoms with Gasteiger partial charge in [-0.1, -0.05) is 84.5 Å². The monoisotopic (exact) mass is 384 g/mol. The first-order chi connectivity index (χ1) is 12.8. The molecule has 0 aliphatic carbocycles. The highest BCUT2D eigenvalue weighted by molar-refractivity contribution is 5.72. The van der Waals surface area contributed by atoms with E-state index < -0.39 is 5.97 Å². The van der Waals surface area contributed by atoms with Gasteiger partial charge in [0.15, 0.2) is 0 Å². The molecule has 0 bridgehead atoms. The Bertz CT molecular complexity index is 377. The van der Waals surface area contributed by atoms with Gasteiger partial charge in [-0.3, -0.25) is 9.59 Å². The van der Waals surface area contributed by atoms with Gasteiger partial charge in [-0.05, 0) is 32.6 Å². The van der Waals surface area contributed by atoms with Crippen LogP contribution in [0.3, 0.4) is 0 Å². The van der Waals surface area contributed by atoms with Crippen molar-refractivity contribution in [1.82, 2.24) is 0 Å². The summed E-state index contributed by atoms with van der Waals surface area (Å²) >= 11 is 0. The van der Waals surface area contributed by atoms with Crippen molar-refractivity contribution in [2.75, 3.05) is 0 Å². The van der Waals surface area contributed by atoms with Crippen molar-refractivity contribution in [2.45, 2.75) is 124 Å². The van der Waals surface area contributed by atoms with Gasteiger partial charge in [0, 0.05) is 6.42 Å². The number of aliphatic carboxylic acids is 1. The van der Waals surface area contributed by atoms with Crippen molar-refractivity contribution in [1.29, 1.82) is 0 Å². The van der Waals surface area contributed by atoms with Crippen molar-refractivity contribution in [2.24, 2.45) is 11.8 Å². The molecular formula is C23H44O4. The Morgan fingerprint density at radius 3 is 1.48 bits per heavy atom. The molecule has 1 N–H and O–H groups in total. The maximum atomic E-state index is 12.1. The molecule has 0 aromatic heterocycles. The number of carboxylic acids is 1. The van der Waals surface area contributed by atoms with E-state index >= 15 is 0 Å². The fraction of sp³-hybridized carbons (Fsp3) is 0.913. The molecule has 0 radical (unpaired) electrons. The summed E-state index contributed by atoms with van der Waals surface area (Å²) in [4.78, 5) is 22.5. The minimum absolute atomic E-state index is 0.0245. The van der Waals surface area contributed by atoms with Crippen LogP contribution in [-0.2, 0) is 14.3 Å². The van der Waals surface area contributed by atoms with E-state index in [1.54, 1.807) is 0 Å². The van der Waals surface area contributed by atoms with E-state index in [1.165, 1.54) is 57.8 Å². The third-order valence-electron chi connectivity index (χ3n) is 5.12. The van der Waals surface area contributed by atoms with E-state index in [0.717, 1.165) is 25.7 Å². The second kappa shape index (κ2) is 17.1. The third-order valence-corrected chi connectivity index (χ3v) is 5.12. The normalized spacial score (nSPS) is 12.5. The quantitative estimate of drug-likeness (QED) is 0.209. The van der Waals surface area contributed by atoms with Crippen LogP contribution in [0.25, 0.3) is 0 Å². The van der Waals surface area contributed by atoms with Gasteiger partial charge >= 0.3 is 11.9 Å². The molecule has 27 heavy (non-hydrogen) atoms. The average Bonchev–Trinajstić information content (AvgIpc) is 2.56. The Morgan fingerprint density at radius 1 is 0.704 bits per heavy atom. The highest BCUT2D eigenvalue weighted by Crippen LogP contribution is 2.22. The van der Waals surface area contributed by atoms with E-state index in [-0.39, 0.29) is 18.0 Å². The van der Waals surface area contributed by atoms with Crippen LogP contribution in [0.15, 0.2) is 0 Å². The lowest BCUT2D eigenvalue weighted by molar-refractivity contribution is -0.154. The van der Waals surface area contributed by atoms with Crippen molar-refractivity contribution in [3.8, 4) is 0 Å². The minimum Gasteiger partial charge on any atom is -0.481 e. The van der Waals surface area contributed by atoms with E-state index in [9.17, 15) is 9.59 Å². The Labute approximate surface area is 167 Å². The van der Waals surface area contributed by atoms with Crippen molar-refractivity contribution in [3.05, 3.63) is 0 Å². The summed E-state index contributed by atoms with van der Waals surface area (Å²) in [5.74, 6) is -0.309. The molecule has 160 valence electrons. The van der Waals surface area contributed by atoms with E-state index in [0.29, 0.717) is 12.3 Å². The van der Waals surface area contributed by atoms with Crippen LogP contribution >= 0.6 is 0 Å². The molecule has 1 atom stereocenters. The molecule has 4 nitrogen and oxygen atoms in total. The second-order valence-electron chi connectivity index (χ2n) is 8.51. The number of carboxylic acid groups (broad SMARTS) is 1. The van der Waals surface area contributed by atoms with Crippen LogP contribution < -0.4 is 0 Å². The smallest absolute Gasteiger partial charge is 0.309 e. The van der Waals surface area contributed by atoms with Gasteiger partial charge < -0.3 is 9.84 Å². The van der Waals surface area contributed by atoms with Crippen molar-refractivity contribution >= 4 is 11.9 Å². The summed E-state index contributed by atoms with van der Waals surface area (Å²) in [7, 11) is 0. The lowest BCUT2D eigenvalue weighted by Crippen LogP contribution is -2.25. The summed E-state index contributed by atoms with van der Waals surface area (Å²) in [6.07, 6.45) is 15.6. The number of esters is 1. The molecule has 0 rings (SSSR count). The zero-order valence-corrected chi connectivity index (χ0v) is 18.3. The summed E-state index contributed by atoms with van der Waals surface area (Å²) < 4.78 is 5.38. The SMILES string of the molecule is CC(C)OC(=O)C(CCCCCCCCCCCCCCC(=O)O)C(C)C. The molecule has 0 aliphatic rings. The van der Waals surface area contributed by atoms with Crippen molar-refractivity contribution in [3.63, 3.8) is 0 Å². The minimum atomic E-state index is -0.676. The highest BCUT2D eigenvalue weighted by Gasteiger charge is 2.23. The molecule has 0 aromatic carbocycles. The maximum absolute atomic E-state index is 12.1. The van der Waals surface area contributed by atoms with Crippen LogP contribution in [0.1, 0.15) is 118 Å². The first-order valence-corrected chi connectivity index (χ1v) is 11.3. The number of ether oxygens (including phenoxy) is 1. The average molecular weight is 385 g/mol. The van der Waals surface area contributed by atoms with E-state index in [1.807, 2.05) is 13.8 Å². The van der Waals surface area contributed by atoms with Crippen LogP contribution in [0.5, 0.6) is 0 Å². The molecule has 0 fully saturated rings. The Kier molecular flexibility index (Phi) is 16.4. The summed E-state index contributed by atoms with van der Waals surface area (Å²) in [5, 5.41) is 8.58. The first-order valence-electron chi connectivity index (χ1n) is 11.3. The number of carbonyl (C=O) groups is 2. The summed E-state index contributed by atoms with van der Waals surface area (Å²) in [6, 6.07) is 0. The number of carbonyl (C=O) groups excluding carboxylic acids is 1. The second-order valence-corrected chi connectivity index (χ2v) is 8.51. The summed E-state index contributed by atoms with van der Waals surface area (Å²) in [5.41, 5.74) is 0. The van der Waals surface area contributed by atoms with Gasteiger partial charge in [-0.15, -0.1) is 0 Å². The predicted molar refractivity (Wildman–Crippen MR) is 112 cm³/mol. The standard InChI is InChI=1S/C23H44O4/c1-19(2)21(23(26)27-20(3)4)17-15-13-11-9-7-5-6-8-10-12-14-16-18-22(24)25/h19-21H,5-18H2,1-4H3,(H,24,25). The third kappa shape index (κ3) is 16.8. The summed E-state index contributed by atoms with van der Waals surface area (Å²) in [6.45, 7) is 8.04. The predicted octanol–water partition coefficient (Wildman–Crippen LogP) is 6.76. The number of hydrogen-bond donors (Lipinski definition) is 1. The Morgan fingerprint density at radius 2 is 1.11 bits per heavy atom. The highest BCUT2D eigenvalue weighted by atomic mass is 16.5. The van der Waals surface area contributed by atoms with Crippen molar-refractivity contribution < 1.29 is 19.4 Å². The van der Waals surface area contributed by atoms with E-state index in [4.69, 9.17) is 9.84 Å². The molecule has 0 saturated carbocycles. The fourth-order valence-corrected chi connectivity index (χ4v) is 3.45. The molecule has 4 heteroatoms. The first kappa shape index (κ1) is 25.9. The van der Waals surface area contributed by atoms with Crippen LogP contribution in [-0.4, -0.2) is 23.1 Å². The molecule has 0 saturated heterocycles. The molecular weight excluding hydrogens is 340 g/mol. The lowest BCUT2D eigenvalue weighted by atomic mass is 9.90. The number of hydrogen-bond acceptors (Lipinski definition) is 3. The van der Waals surface area contributed by atoms with Gasteiger partial charge in [0.25, 0.3) is 0 Å². The molecule has 0 heterocycles. The molecule has 0 amide bonds. The van der Waals surface area contributed by atoms with Gasteiger partial charge in [0.2, 0.25) is 0 Å². The lowest BCUT2D eigenvalue weighted by Gasteiger charge is -2.20. The van der Waals surface area contributed by atoms with Gasteiger partial charge in [-0.2, -0.15) is 0 Å². The maximum Gasteiger partial charge on any atom is 0.309 e. The topological polar surface area (TPSA) is 63.6 Å². The molecule has 0 spiro atoms. The number of unbranched alkanes of at least 4 members (excludes halogenated alkanes) is 11. The van der Waals surface area contributed by atoms with Gasteiger partial charge in [0.05, 0.1) is 12.0 Å². The largest absolute Gasteiger partial charge is 0.481 e. The molecule has 0 aliphatic heterocycles. The molecule has 1 unspecified atom stereocenters. The zero-order chi connectivity index (χ0) is 20.5. The van der Waals surface area contributed by atoms with Gasteiger partial charge in [0.1, 0.15) is 0 Å². The van der Waals surface area contributed by atoms with Gasteiger partial charge in [-0.25, -0.2) is 0 Å². The number of rotatable bonds is 18. The van der Waals surface area contributed by atoms with Crippen LogP contribution in [0.2, 0.25) is 0 Å². The molecule has 0 aromatic rings. The van der Waals surface area contributed by atoms with E-state index in [2.05, 4.69) is 13.8 Å². The Hall–Kier alpha value is -1.06. The van der Waals surface area contributed by atoms with Crippen LogP contribution in [0.4, 0.5) is 0 Å². The zero-order valence-electron chi connectivity index (χ0n) is 18.3. The van der Waals surface area contributed by atoms with Crippen LogP contribution in [0, 0.1) is 11.8 Å². The Balaban J connectivity index is 3.47. The fourth-order valence-electron chi connectivity index (χ4n) is 3.45.